The minimum atomic E-state index is -0.369. The lowest BCUT2D eigenvalue weighted by molar-refractivity contribution is -0.135. The van der Waals surface area contributed by atoms with Gasteiger partial charge in [0.2, 0.25) is 12.7 Å². The zero-order chi connectivity index (χ0) is 21.2. The summed E-state index contributed by atoms with van der Waals surface area (Å²) in [4.78, 5) is 30.4. The highest BCUT2D eigenvalue weighted by molar-refractivity contribution is 5.98. The van der Waals surface area contributed by atoms with Crippen LogP contribution in [0.4, 0.5) is 0 Å². The van der Waals surface area contributed by atoms with Gasteiger partial charge in [-0.05, 0) is 61.8 Å². The number of carbonyl (C=O) groups excluding carboxylic acids is 2. The van der Waals surface area contributed by atoms with Gasteiger partial charge in [-0.25, -0.2) is 0 Å². The molecule has 6 heteroatoms. The van der Waals surface area contributed by atoms with Crippen molar-refractivity contribution in [2.45, 2.75) is 44.1 Å². The summed E-state index contributed by atoms with van der Waals surface area (Å²) in [5.74, 6) is 1.73. The summed E-state index contributed by atoms with van der Waals surface area (Å²) < 4.78 is 10.8. The zero-order valence-corrected chi connectivity index (χ0v) is 17.7. The molecular formula is C25H28N2O4. The molecule has 2 atom stereocenters. The third-order valence-corrected chi connectivity index (χ3v) is 6.73. The molecule has 0 saturated carbocycles. The second kappa shape index (κ2) is 8.61. The summed E-state index contributed by atoms with van der Waals surface area (Å²) in [7, 11) is 0. The van der Waals surface area contributed by atoms with Crippen LogP contribution in [0.2, 0.25) is 0 Å². The number of nitrogens with zero attached hydrogens (tertiary/aromatic N) is 2. The average Bonchev–Trinajstić information content (AvgIpc) is 3.42. The quantitative estimate of drug-likeness (QED) is 0.758. The molecule has 0 spiro atoms. The van der Waals surface area contributed by atoms with Gasteiger partial charge in [0.1, 0.15) is 6.04 Å². The van der Waals surface area contributed by atoms with E-state index in [9.17, 15) is 9.59 Å². The normalized spacial score (nSPS) is 23.0. The first kappa shape index (κ1) is 19.9. The summed E-state index contributed by atoms with van der Waals surface area (Å²) in [5.41, 5.74) is 1.90. The number of ether oxygens (including phenoxy) is 2. The number of fused-ring (bicyclic) bond motifs is 1. The summed E-state index contributed by atoms with van der Waals surface area (Å²) in [6.07, 6.45) is 4.64. The smallest absolute Gasteiger partial charge is 0.254 e. The maximum absolute atomic E-state index is 13.4. The Morgan fingerprint density at radius 1 is 0.839 bits per heavy atom. The molecule has 2 fully saturated rings. The first-order valence-corrected chi connectivity index (χ1v) is 11.2. The molecule has 0 aromatic heterocycles. The number of hydrogen-bond acceptors (Lipinski definition) is 4. The Bertz CT molecular complexity index is 961. The number of benzene rings is 2. The zero-order valence-electron chi connectivity index (χ0n) is 17.7. The molecule has 3 heterocycles. The third kappa shape index (κ3) is 3.99. The van der Waals surface area contributed by atoms with Crippen LogP contribution in [0.15, 0.2) is 48.5 Å². The van der Waals surface area contributed by atoms with Crippen molar-refractivity contribution in [1.82, 2.24) is 9.80 Å². The lowest BCUT2D eigenvalue weighted by Gasteiger charge is -2.30. The Labute approximate surface area is 182 Å². The maximum atomic E-state index is 13.4. The molecular weight excluding hydrogens is 392 g/mol. The second-order valence-corrected chi connectivity index (χ2v) is 8.59. The van der Waals surface area contributed by atoms with Crippen LogP contribution in [0, 0.1) is 0 Å². The van der Waals surface area contributed by atoms with E-state index in [1.54, 1.807) is 23.1 Å². The minimum Gasteiger partial charge on any atom is -0.454 e. The summed E-state index contributed by atoms with van der Waals surface area (Å²) in [6, 6.07) is 15.5. The predicted molar refractivity (Wildman–Crippen MR) is 116 cm³/mol. The highest BCUT2D eigenvalue weighted by Gasteiger charge is 2.37. The molecule has 0 N–H and O–H groups in total. The van der Waals surface area contributed by atoms with Crippen LogP contribution in [0.5, 0.6) is 11.5 Å². The van der Waals surface area contributed by atoms with Crippen LogP contribution < -0.4 is 9.47 Å². The first-order valence-electron chi connectivity index (χ1n) is 11.2. The molecule has 0 bridgehead atoms. The van der Waals surface area contributed by atoms with E-state index in [4.69, 9.17) is 9.47 Å². The molecule has 31 heavy (non-hydrogen) atoms. The van der Waals surface area contributed by atoms with Crippen LogP contribution in [0.1, 0.15) is 53.9 Å². The molecule has 2 amide bonds. The van der Waals surface area contributed by atoms with Crippen molar-refractivity contribution < 1.29 is 19.1 Å². The Balaban J connectivity index is 1.27. The van der Waals surface area contributed by atoms with Gasteiger partial charge in [-0.15, -0.1) is 0 Å². The third-order valence-electron chi connectivity index (χ3n) is 6.73. The lowest BCUT2D eigenvalue weighted by atomic mass is 9.92. The molecule has 0 radical (unpaired) electrons. The first-order chi connectivity index (χ1) is 15.2. The van der Waals surface area contributed by atoms with Gasteiger partial charge in [0.05, 0.1) is 0 Å². The fraction of sp³-hybridized carbons (Fsp3) is 0.440. The number of carbonyl (C=O) groups is 2. The Morgan fingerprint density at radius 2 is 1.65 bits per heavy atom. The van der Waals surface area contributed by atoms with Gasteiger partial charge < -0.3 is 19.3 Å². The fourth-order valence-corrected chi connectivity index (χ4v) is 5.05. The van der Waals surface area contributed by atoms with Crippen LogP contribution in [0.3, 0.4) is 0 Å². The fourth-order valence-electron chi connectivity index (χ4n) is 5.05. The van der Waals surface area contributed by atoms with Crippen LogP contribution in [-0.2, 0) is 4.79 Å². The molecule has 3 aliphatic heterocycles. The molecule has 2 unspecified atom stereocenters. The number of amides is 2. The van der Waals surface area contributed by atoms with Gasteiger partial charge in [-0.1, -0.05) is 30.3 Å². The van der Waals surface area contributed by atoms with Crippen molar-refractivity contribution in [3.63, 3.8) is 0 Å². The monoisotopic (exact) mass is 420 g/mol. The molecule has 2 aromatic carbocycles. The van der Waals surface area contributed by atoms with E-state index < -0.39 is 0 Å². The van der Waals surface area contributed by atoms with Crippen molar-refractivity contribution in [2.75, 3.05) is 26.4 Å². The highest BCUT2D eigenvalue weighted by Crippen LogP contribution is 2.34. The van der Waals surface area contributed by atoms with Gasteiger partial charge in [0.25, 0.3) is 5.91 Å². The van der Waals surface area contributed by atoms with Crippen molar-refractivity contribution in [2.24, 2.45) is 0 Å². The Morgan fingerprint density at radius 3 is 2.52 bits per heavy atom. The SMILES string of the molecule is O=C(C1CCCN1C(=O)c1ccc2c(c1)OCO2)N1CCCC(c2ccccc2)CC1. The number of likely N-dealkylation sites (tertiary alicyclic amines) is 2. The molecule has 162 valence electrons. The van der Waals surface area contributed by atoms with E-state index in [2.05, 4.69) is 24.3 Å². The topological polar surface area (TPSA) is 59.1 Å². The molecule has 6 nitrogen and oxygen atoms in total. The van der Waals surface area contributed by atoms with E-state index in [-0.39, 0.29) is 24.6 Å². The molecule has 2 saturated heterocycles. The van der Waals surface area contributed by atoms with Gasteiger partial charge in [-0.2, -0.15) is 0 Å². The molecule has 2 aromatic rings. The molecule has 5 rings (SSSR count). The van der Waals surface area contributed by atoms with Gasteiger partial charge in [0.15, 0.2) is 11.5 Å². The summed E-state index contributed by atoms with van der Waals surface area (Å²) >= 11 is 0. The van der Waals surface area contributed by atoms with Crippen molar-refractivity contribution in [3.8, 4) is 11.5 Å². The highest BCUT2D eigenvalue weighted by atomic mass is 16.7. The van der Waals surface area contributed by atoms with Crippen LogP contribution in [-0.4, -0.2) is 54.1 Å². The van der Waals surface area contributed by atoms with E-state index in [0.717, 1.165) is 45.2 Å². The van der Waals surface area contributed by atoms with Crippen LogP contribution in [0.25, 0.3) is 0 Å². The van der Waals surface area contributed by atoms with E-state index in [1.165, 1.54) is 5.56 Å². The van der Waals surface area contributed by atoms with E-state index >= 15 is 0 Å². The van der Waals surface area contributed by atoms with E-state index in [1.807, 2.05) is 11.0 Å². The van der Waals surface area contributed by atoms with Gasteiger partial charge in [0, 0.05) is 25.2 Å². The van der Waals surface area contributed by atoms with Crippen molar-refractivity contribution >= 4 is 11.8 Å². The van der Waals surface area contributed by atoms with Crippen molar-refractivity contribution in [3.05, 3.63) is 59.7 Å². The number of hydrogen-bond donors (Lipinski definition) is 0. The largest absolute Gasteiger partial charge is 0.454 e. The van der Waals surface area contributed by atoms with Gasteiger partial charge >= 0.3 is 0 Å². The maximum Gasteiger partial charge on any atom is 0.254 e. The predicted octanol–water partition coefficient (Wildman–Crippen LogP) is 3.82. The Hall–Kier alpha value is -3.02. The Kier molecular flexibility index (Phi) is 5.53. The number of rotatable bonds is 3. The van der Waals surface area contributed by atoms with E-state index in [0.29, 0.717) is 29.5 Å². The molecule has 3 aliphatic rings. The average molecular weight is 421 g/mol. The molecule has 0 aliphatic carbocycles. The standard InChI is InChI=1S/C25H28N2O4/c28-24(20-10-11-22-23(16-20)31-17-30-22)27-14-5-9-21(27)25(29)26-13-4-8-19(12-15-26)18-6-2-1-3-7-18/h1-3,6-7,10-11,16,19,21H,4-5,8-9,12-15,17H2. The summed E-state index contributed by atoms with van der Waals surface area (Å²) in [6.45, 7) is 2.31. The second-order valence-electron chi connectivity index (χ2n) is 8.59. The van der Waals surface area contributed by atoms with Crippen LogP contribution >= 0.6 is 0 Å². The lowest BCUT2D eigenvalue weighted by Crippen LogP contribution is -2.48. The minimum absolute atomic E-state index is 0.0975. The van der Waals surface area contributed by atoms with Crippen molar-refractivity contribution in [1.29, 1.82) is 0 Å². The summed E-state index contributed by atoms with van der Waals surface area (Å²) in [5, 5.41) is 0. The van der Waals surface area contributed by atoms with Gasteiger partial charge in [-0.3, -0.25) is 9.59 Å².